The largest absolute Gasteiger partial charge is 0.494 e. The molecule has 0 bridgehead atoms. The van der Waals surface area contributed by atoms with Crippen molar-refractivity contribution >= 4 is 42.7 Å². The second kappa shape index (κ2) is 10.9. The Morgan fingerprint density at radius 1 is 1.15 bits per heavy atom. The van der Waals surface area contributed by atoms with Crippen LogP contribution in [0.2, 0.25) is 0 Å². The average Bonchev–Trinajstić information content (AvgIpc) is 3.70. The van der Waals surface area contributed by atoms with E-state index in [9.17, 15) is 18.3 Å². The van der Waals surface area contributed by atoms with Crippen molar-refractivity contribution in [2.75, 3.05) is 39.1 Å². The normalized spacial score (nSPS) is 15.6. The minimum Gasteiger partial charge on any atom is -0.494 e. The summed E-state index contributed by atoms with van der Waals surface area (Å²) in [5.41, 5.74) is 2.55. The molecule has 210 valence electrons. The molecule has 0 spiro atoms. The van der Waals surface area contributed by atoms with Crippen molar-refractivity contribution in [2.45, 2.75) is 18.2 Å². The minimum absolute atomic E-state index is 0.0118. The van der Waals surface area contributed by atoms with Gasteiger partial charge in [-0.1, -0.05) is 17.4 Å². The molecule has 0 amide bonds. The van der Waals surface area contributed by atoms with Crippen LogP contribution in [0.4, 0.5) is 0 Å². The zero-order chi connectivity index (χ0) is 27.9. The highest BCUT2D eigenvalue weighted by Gasteiger charge is 2.34. The molecule has 1 aliphatic rings. The van der Waals surface area contributed by atoms with Crippen molar-refractivity contribution in [3.8, 4) is 17.0 Å². The fourth-order valence-corrected chi connectivity index (χ4v) is 7.71. The van der Waals surface area contributed by atoms with Gasteiger partial charge in [0.15, 0.2) is 15.1 Å². The molecule has 0 saturated carbocycles. The van der Waals surface area contributed by atoms with Crippen LogP contribution in [-0.2, 0) is 27.5 Å². The first-order chi connectivity index (χ1) is 19.2. The summed E-state index contributed by atoms with van der Waals surface area (Å²) in [6.07, 6.45) is 4.90. The van der Waals surface area contributed by atoms with Crippen molar-refractivity contribution in [1.29, 1.82) is 0 Å². The Balaban J connectivity index is 1.23. The van der Waals surface area contributed by atoms with Gasteiger partial charge in [0.2, 0.25) is 17.7 Å². The third-order valence-electron chi connectivity index (χ3n) is 6.49. The Labute approximate surface area is 236 Å². The van der Waals surface area contributed by atoms with E-state index in [4.69, 9.17) is 9.15 Å². The molecule has 13 nitrogen and oxygen atoms in total. The number of sulfone groups is 1. The number of hydrogen-bond donors (Lipinski definition) is 2. The van der Waals surface area contributed by atoms with Gasteiger partial charge in [0.1, 0.15) is 5.01 Å². The molecule has 5 heterocycles. The van der Waals surface area contributed by atoms with Gasteiger partial charge >= 0.3 is 4.87 Å². The maximum atomic E-state index is 12.8. The first kappa shape index (κ1) is 26.8. The molecule has 40 heavy (non-hydrogen) atoms. The molecule has 5 aromatic rings. The van der Waals surface area contributed by atoms with E-state index in [1.807, 2.05) is 35.3 Å². The van der Waals surface area contributed by atoms with Crippen LogP contribution in [0.5, 0.6) is 5.88 Å². The second-order valence-electron chi connectivity index (χ2n) is 9.39. The predicted molar refractivity (Wildman–Crippen MR) is 148 cm³/mol. The lowest BCUT2D eigenvalue weighted by Gasteiger charge is -2.26. The standard InChI is InChI=1S/C24H25N7O6S3/c1-40(34,35)20(22-29-28-19(37-22)11-18-21(32)27-24(33)39-18)23-26-16-3-2-14(10-17(16)38-23)15-12-25-31(13-15)5-4-30-6-8-36-9-7-30/h2-3,10,12-13,20,32H,4-9,11H2,1H3,(H,27,33). The lowest BCUT2D eigenvalue weighted by atomic mass is 10.1. The van der Waals surface area contributed by atoms with E-state index in [0.717, 1.165) is 72.8 Å². The van der Waals surface area contributed by atoms with Crippen molar-refractivity contribution in [1.82, 2.24) is 34.8 Å². The number of aromatic nitrogens is 6. The molecule has 1 aromatic carbocycles. The van der Waals surface area contributed by atoms with Gasteiger partial charge in [-0.15, -0.1) is 21.5 Å². The van der Waals surface area contributed by atoms with Crippen molar-refractivity contribution < 1.29 is 22.7 Å². The van der Waals surface area contributed by atoms with Crippen LogP contribution in [0.25, 0.3) is 21.3 Å². The number of hydrogen-bond acceptors (Lipinski definition) is 13. The van der Waals surface area contributed by atoms with Gasteiger partial charge in [0, 0.05) is 37.7 Å². The van der Waals surface area contributed by atoms with Crippen LogP contribution >= 0.6 is 22.7 Å². The number of nitrogens with zero attached hydrogens (tertiary/aromatic N) is 6. The van der Waals surface area contributed by atoms with Crippen LogP contribution in [-0.4, -0.2) is 87.5 Å². The Morgan fingerprint density at radius 3 is 2.73 bits per heavy atom. The average molecular weight is 604 g/mol. The maximum absolute atomic E-state index is 12.8. The zero-order valence-corrected chi connectivity index (χ0v) is 23.8. The van der Waals surface area contributed by atoms with Gasteiger partial charge in [-0.3, -0.25) is 19.4 Å². The number of ether oxygens (including phenoxy) is 1. The highest BCUT2D eigenvalue weighted by molar-refractivity contribution is 7.91. The number of aromatic amines is 1. The van der Waals surface area contributed by atoms with E-state index in [2.05, 4.69) is 30.2 Å². The minimum atomic E-state index is -3.73. The summed E-state index contributed by atoms with van der Waals surface area (Å²) >= 11 is 2.05. The monoisotopic (exact) mass is 603 g/mol. The zero-order valence-electron chi connectivity index (χ0n) is 21.3. The number of morpholine rings is 1. The highest BCUT2D eigenvalue weighted by Crippen LogP contribution is 2.36. The predicted octanol–water partition coefficient (Wildman–Crippen LogP) is 2.06. The number of aromatic hydroxyl groups is 1. The summed E-state index contributed by atoms with van der Waals surface area (Å²) in [5.74, 6) is -0.331. The molecule has 0 aliphatic carbocycles. The fourth-order valence-electron chi connectivity index (χ4n) is 4.46. The number of H-pyrrole nitrogens is 1. The van der Waals surface area contributed by atoms with E-state index in [1.165, 1.54) is 11.3 Å². The molecule has 1 unspecified atom stereocenters. The van der Waals surface area contributed by atoms with Crippen molar-refractivity contribution in [2.24, 2.45) is 0 Å². The maximum Gasteiger partial charge on any atom is 0.307 e. The van der Waals surface area contributed by atoms with Crippen molar-refractivity contribution in [3.63, 3.8) is 0 Å². The smallest absolute Gasteiger partial charge is 0.307 e. The SMILES string of the molecule is CS(=O)(=O)C(c1nnc(Cc2sc(=O)[nH]c2O)o1)c1nc2ccc(-c3cnn(CCN4CCOCC4)c3)cc2s1. The van der Waals surface area contributed by atoms with E-state index in [-0.39, 0.29) is 24.1 Å². The highest BCUT2D eigenvalue weighted by atomic mass is 32.2. The van der Waals surface area contributed by atoms with E-state index in [0.29, 0.717) is 15.4 Å². The first-order valence-electron chi connectivity index (χ1n) is 12.4. The van der Waals surface area contributed by atoms with Gasteiger partial charge in [0.05, 0.1) is 47.5 Å². The van der Waals surface area contributed by atoms with Gasteiger partial charge in [0.25, 0.3) is 0 Å². The van der Waals surface area contributed by atoms with Crippen molar-refractivity contribution in [3.05, 3.63) is 61.9 Å². The number of thiazole rings is 2. The Morgan fingerprint density at radius 2 is 1.98 bits per heavy atom. The Kier molecular flexibility index (Phi) is 7.26. The van der Waals surface area contributed by atoms with Crippen LogP contribution < -0.4 is 4.87 Å². The number of benzene rings is 1. The third-order valence-corrected chi connectivity index (χ3v) is 9.88. The molecule has 4 aromatic heterocycles. The molecule has 1 fully saturated rings. The van der Waals surface area contributed by atoms with E-state index in [1.54, 1.807) is 0 Å². The van der Waals surface area contributed by atoms with Gasteiger partial charge < -0.3 is 14.3 Å². The van der Waals surface area contributed by atoms with Crippen LogP contribution in [0.1, 0.15) is 26.9 Å². The summed E-state index contributed by atoms with van der Waals surface area (Å²) in [5, 5.41) is 21.3. The molecule has 1 atom stereocenters. The molecule has 2 N–H and O–H groups in total. The summed E-state index contributed by atoms with van der Waals surface area (Å²) in [6.45, 7) is 5.05. The molecule has 16 heteroatoms. The second-order valence-corrected chi connectivity index (χ2v) is 13.6. The molecular weight excluding hydrogens is 579 g/mol. The van der Waals surface area contributed by atoms with E-state index >= 15 is 0 Å². The Bertz CT molecular complexity index is 1810. The molecular formula is C24H25N7O6S3. The molecule has 0 radical (unpaired) electrons. The number of fused-ring (bicyclic) bond motifs is 1. The number of rotatable bonds is 9. The summed E-state index contributed by atoms with van der Waals surface area (Å²) in [6, 6.07) is 5.75. The topological polar surface area (TPSA) is 169 Å². The van der Waals surface area contributed by atoms with Gasteiger partial charge in [-0.05, 0) is 17.7 Å². The lowest BCUT2D eigenvalue weighted by molar-refractivity contribution is 0.0360. The van der Waals surface area contributed by atoms with Crippen LogP contribution in [0.15, 0.2) is 39.8 Å². The third kappa shape index (κ3) is 5.71. The fraction of sp³-hybridized carbons (Fsp3) is 0.375. The first-order valence-corrected chi connectivity index (χ1v) is 16.0. The lowest BCUT2D eigenvalue weighted by Crippen LogP contribution is -2.38. The molecule has 1 saturated heterocycles. The summed E-state index contributed by atoms with van der Waals surface area (Å²) in [4.78, 5) is 20.6. The number of nitrogens with one attached hydrogen (secondary N) is 1. The van der Waals surface area contributed by atoms with E-state index < -0.39 is 20.0 Å². The summed E-state index contributed by atoms with van der Waals surface area (Å²) < 4.78 is 39.5. The molecule has 1 aliphatic heterocycles. The van der Waals surface area contributed by atoms with Crippen LogP contribution in [0, 0.1) is 0 Å². The Hall–Kier alpha value is -3.44. The molecule has 6 rings (SSSR count). The summed E-state index contributed by atoms with van der Waals surface area (Å²) in [7, 11) is -3.73. The van der Waals surface area contributed by atoms with Gasteiger partial charge in [-0.25, -0.2) is 13.4 Å². The van der Waals surface area contributed by atoms with Crippen LogP contribution in [0.3, 0.4) is 0 Å². The quantitative estimate of drug-likeness (QED) is 0.253. The van der Waals surface area contributed by atoms with Gasteiger partial charge in [-0.2, -0.15) is 5.10 Å².